The van der Waals surface area contributed by atoms with Crippen molar-refractivity contribution in [2.45, 2.75) is 32.6 Å². The van der Waals surface area contributed by atoms with Crippen molar-refractivity contribution in [1.82, 2.24) is 19.7 Å². The highest BCUT2D eigenvalue weighted by Gasteiger charge is 2.31. The molecule has 7 nitrogen and oxygen atoms in total. The fourth-order valence-electron chi connectivity index (χ4n) is 3.09. The van der Waals surface area contributed by atoms with Crippen LogP contribution in [-0.2, 0) is 4.79 Å². The number of hydrogen-bond donors (Lipinski definition) is 1. The second-order valence-corrected chi connectivity index (χ2v) is 6.74. The number of aromatic nitrogens is 3. The van der Waals surface area contributed by atoms with Gasteiger partial charge in [-0.2, -0.15) is 0 Å². The number of hydrogen-bond acceptors (Lipinski definition) is 4. The van der Waals surface area contributed by atoms with Crippen LogP contribution in [0.15, 0.2) is 24.3 Å². The molecule has 0 unspecified atom stereocenters. The van der Waals surface area contributed by atoms with E-state index in [0.717, 1.165) is 0 Å². The summed E-state index contributed by atoms with van der Waals surface area (Å²) in [5.41, 5.74) is 0.227. The zero-order chi connectivity index (χ0) is 18.8. The molecule has 1 aliphatic heterocycles. The number of piperidine rings is 1. The Morgan fingerprint density at radius 3 is 2.69 bits per heavy atom. The maximum atomic E-state index is 14.2. The van der Waals surface area contributed by atoms with Gasteiger partial charge in [0.1, 0.15) is 17.3 Å². The van der Waals surface area contributed by atoms with Gasteiger partial charge in [0, 0.05) is 19.0 Å². The fourth-order valence-corrected chi connectivity index (χ4v) is 3.09. The Labute approximate surface area is 150 Å². The van der Waals surface area contributed by atoms with Gasteiger partial charge in [-0.15, -0.1) is 5.10 Å². The summed E-state index contributed by atoms with van der Waals surface area (Å²) in [7, 11) is 0. The van der Waals surface area contributed by atoms with Crippen LogP contribution in [0.2, 0.25) is 0 Å². The average molecular weight is 360 g/mol. The first kappa shape index (κ1) is 18.0. The Morgan fingerprint density at radius 1 is 1.31 bits per heavy atom. The number of carbonyl (C=O) groups excluding carboxylic acids is 1. The lowest BCUT2D eigenvalue weighted by Crippen LogP contribution is -2.42. The maximum Gasteiger partial charge on any atom is 0.308 e. The molecule has 2 aromatic rings. The van der Waals surface area contributed by atoms with Gasteiger partial charge in [0.05, 0.1) is 5.92 Å². The molecule has 1 aromatic heterocycles. The molecule has 138 valence electrons. The summed E-state index contributed by atoms with van der Waals surface area (Å²) >= 11 is 0. The standard InChI is InChI=1S/C18H21FN4O3/c1-11(2)16-20-15(21-23(16)14-8-4-3-7-13(14)19)17(24)22-9-5-6-12(10-22)18(25)26/h3-4,7-8,11-12H,5-6,9-10H2,1-2H3,(H,25,26)/t12-/m0/s1. The summed E-state index contributed by atoms with van der Waals surface area (Å²) in [6, 6.07) is 6.17. The third kappa shape index (κ3) is 3.44. The first-order valence-electron chi connectivity index (χ1n) is 8.62. The van der Waals surface area contributed by atoms with Crippen LogP contribution in [0.3, 0.4) is 0 Å². The predicted molar refractivity (Wildman–Crippen MR) is 91.7 cm³/mol. The molecule has 2 heterocycles. The number of aliphatic carboxylic acids is 1. The molecule has 0 aliphatic carbocycles. The van der Waals surface area contributed by atoms with Crippen LogP contribution >= 0.6 is 0 Å². The van der Waals surface area contributed by atoms with Gasteiger partial charge in [0.15, 0.2) is 0 Å². The number of likely N-dealkylation sites (tertiary alicyclic amines) is 1. The van der Waals surface area contributed by atoms with Crippen molar-refractivity contribution in [3.63, 3.8) is 0 Å². The highest BCUT2D eigenvalue weighted by molar-refractivity contribution is 5.91. The minimum absolute atomic E-state index is 0.0389. The minimum Gasteiger partial charge on any atom is -0.481 e. The van der Waals surface area contributed by atoms with Crippen molar-refractivity contribution in [3.8, 4) is 5.69 Å². The molecule has 1 N–H and O–H groups in total. The zero-order valence-electron chi connectivity index (χ0n) is 14.7. The molecular weight excluding hydrogens is 339 g/mol. The molecule has 8 heteroatoms. The number of para-hydroxylation sites is 1. The van der Waals surface area contributed by atoms with E-state index in [9.17, 15) is 19.1 Å². The normalized spacial score (nSPS) is 17.5. The maximum absolute atomic E-state index is 14.2. The quantitative estimate of drug-likeness (QED) is 0.905. The van der Waals surface area contributed by atoms with Gasteiger partial charge in [-0.1, -0.05) is 26.0 Å². The number of rotatable bonds is 4. The lowest BCUT2D eigenvalue weighted by atomic mass is 9.98. The van der Waals surface area contributed by atoms with E-state index in [1.807, 2.05) is 13.8 Å². The molecule has 1 aromatic carbocycles. The van der Waals surface area contributed by atoms with Crippen molar-refractivity contribution in [1.29, 1.82) is 0 Å². The van der Waals surface area contributed by atoms with Crippen molar-refractivity contribution in [2.75, 3.05) is 13.1 Å². The summed E-state index contributed by atoms with van der Waals surface area (Å²) in [5.74, 6) is -2.00. The van der Waals surface area contributed by atoms with E-state index < -0.39 is 23.6 Å². The van der Waals surface area contributed by atoms with Crippen LogP contribution in [-0.4, -0.2) is 49.7 Å². The third-order valence-electron chi connectivity index (χ3n) is 4.48. The van der Waals surface area contributed by atoms with Crippen molar-refractivity contribution in [3.05, 3.63) is 41.7 Å². The van der Waals surface area contributed by atoms with Gasteiger partial charge in [-0.05, 0) is 25.0 Å². The largest absolute Gasteiger partial charge is 0.481 e. The summed E-state index contributed by atoms with van der Waals surface area (Å²) < 4.78 is 15.5. The van der Waals surface area contributed by atoms with E-state index in [1.165, 1.54) is 15.6 Å². The third-order valence-corrected chi connectivity index (χ3v) is 4.48. The first-order chi connectivity index (χ1) is 12.4. The van der Waals surface area contributed by atoms with Crippen LogP contribution in [0.1, 0.15) is 49.1 Å². The number of nitrogens with zero attached hydrogens (tertiary/aromatic N) is 4. The van der Waals surface area contributed by atoms with Crippen LogP contribution < -0.4 is 0 Å². The van der Waals surface area contributed by atoms with Gasteiger partial charge < -0.3 is 10.0 Å². The van der Waals surface area contributed by atoms with Gasteiger partial charge in [-0.25, -0.2) is 14.1 Å². The van der Waals surface area contributed by atoms with E-state index in [4.69, 9.17) is 0 Å². The first-order valence-corrected chi connectivity index (χ1v) is 8.62. The Hall–Kier alpha value is -2.77. The second-order valence-electron chi connectivity index (χ2n) is 6.74. The molecule has 0 bridgehead atoms. The number of halogens is 1. The van der Waals surface area contributed by atoms with Gasteiger partial charge in [0.2, 0.25) is 5.82 Å². The van der Waals surface area contributed by atoms with E-state index >= 15 is 0 Å². The van der Waals surface area contributed by atoms with E-state index in [-0.39, 0.29) is 24.0 Å². The topological polar surface area (TPSA) is 88.3 Å². The van der Waals surface area contributed by atoms with Gasteiger partial charge in [0.25, 0.3) is 5.91 Å². The number of amides is 1. The zero-order valence-corrected chi connectivity index (χ0v) is 14.7. The van der Waals surface area contributed by atoms with Crippen LogP contribution in [0.25, 0.3) is 5.69 Å². The van der Waals surface area contributed by atoms with E-state index in [0.29, 0.717) is 25.2 Å². The Bertz CT molecular complexity index is 834. The van der Waals surface area contributed by atoms with Crippen LogP contribution in [0, 0.1) is 11.7 Å². The lowest BCUT2D eigenvalue weighted by molar-refractivity contribution is -0.143. The van der Waals surface area contributed by atoms with Gasteiger partial charge in [-0.3, -0.25) is 9.59 Å². The monoisotopic (exact) mass is 360 g/mol. The second kappa shape index (κ2) is 7.23. The molecule has 1 amide bonds. The molecule has 0 saturated carbocycles. The highest BCUT2D eigenvalue weighted by Crippen LogP contribution is 2.22. The van der Waals surface area contributed by atoms with Crippen molar-refractivity contribution >= 4 is 11.9 Å². The van der Waals surface area contributed by atoms with E-state index in [1.54, 1.807) is 18.2 Å². The summed E-state index contributed by atoms with van der Waals surface area (Å²) in [6.45, 7) is 4.38. The van der Waals surface area contributed by atoms with Crippen LogP contribution in [0.5, 0.6) is 0 Å². The smallest absolute Gasteiger partial charge is 0.308 e. The lowest BCUT2D eigenvalue weighted by Gasteiger charge is -2.29. The Morgan fingerprint density at radius 2 is 2.04 bits per heavy atom. The molecule has 1 saturated heterocycles. The summed E-state index contributed by atoms with van der Waals surface area (Å²) in [5, 5.41) is 13.4. The predicted octanol–water partition coefficient (Wildman–Crippen LogP) is 2.47. The van der Waals surface area contributed by atoms with Gasteiger partial charge >= 0.3 is 5.97 Å². The molecule has 0 radical (unpaired) electrons. The summed E-state index contributed by atoms with van der Waals surface area (Å²) in [4.78, 5) is 29.8. The van der Waals surface area contributed by atoms with E-state index in [2.05, 4.69) is 10.1 Å². The Balaban J connectivity index is 1.94. The SMILES string of the molecule is CC(C)c1nc(C(=O)N2CCC[C@H](C(=O)O)C2)nn1-c1ccccc1F. The molecule has 1 fully saturated rings. The molecule has 3 rings (SSSR count). The number of benzene rings is 1. The summed E-state index contributed by atoms with van der Waals surface area (Å²) in [6.07, 6.45) is 1.17. The molecular formula is C18H21FN4O3. The molecule has 0 spiro atoms. The number of carbonyl (C=O) groups is 2. The molecule has 1 atom stereocenters. The van der Waals surface area contributed by atoms with Crippen molar-refractivity contribution in [2.24, 2.45) is 5.92 Å². The van der Waals surface area contributed by atoms with Crippen LogP contribution in [0.4, 0.5) is 4.39 Å². The Kier molecular flexibility index (Phi) is 5.01. The average Bonchev–Trinajstić information content (AvgIpc) is 3.07. The highest BCUT2D eigenvalue weighted by atomic mass is 19.1. The fraction of sp³-hybridized carbons (Fsp3) is 0.444. The number of carboxylic acids is 1. The molecule has 26 heavy (non-hydrogen) atoms. The molecule has 1 aliphatic rings. The number of carboxylic acid groups (broad SMARTS) is 1. The van der Waals surface area contributed by atoms with Crippen molar-refractivity contribution < 1.29 is 19.1 Å². The minimum atomic E-state index is -0.907.